The highest BCUT2D eigenvalue weighted by Gasteiger charge is 2.43. The van der Waals surface area contributed by atoms with Gasteiger partial charge >= 0.3 is 0 Å². The molecule has 1 aliphatic rings. The lowest BCUT2D eigenvalue weighted by molar-refractivity contribution is -0.0411. The van der Waals surface area contributed by atoms with Gasteiger partial charge < -0.3 is 5.11 Å². The van der Waals surface area contributed by atoms with Gasteiger partial charge in [0.25, 0.3) is 0 Å². The van der Waals surface area contributed by atoms with Crippen molar-refractivity contribution in [2.75, 3.05) is 0 Å². The van der Waals surface area contributed by atoms with Gasteiger partial charge in [-0.15, -0.1) is 0 Å². The molecule has 1 saturated carbocycles. The van der Waals surface area contributed by atoms with Crippen molar-refractivity contribution in [3.63, 3.8) is 0 Å². The quantitative estimate of drug-likeness (QED) is 0.796. The van der Waals surface area contributed by atoms with E-state index in [1.165, 1.54) is 0 Å². The summed E-state index contributed by atoms with van der Waals surface area (Å²) in [7, 11) is 0. The highest BCUT2D eigenvalue weighted by Crippen LogP contribution is 2.39. The molecule has 1 aliphatic carbocycles. The van der Waals surface area contributed by atoms with Crippen LogP contribution in [0.3, 0.4) is 0 Å². The van der Waals surface area contributed by atoms with Gasteiger partial charge in [-0.3, -0.25) is 4.79 Å². The van der Waals surface area contributed by atoms with Crippen LogP contribution >= 0.6 is 0 Å². The summed E-state index contributed by atoms with van der Waals surface area (Å²) in [6.07, 6.45) is 2.76. The van der Waals surface area contributed by atoms with Gasteiger partial charge in [0.2, 0.25) is 0 Å². The first kappa shape index (κ1) is 12.3. The third kappa shape index (κ3) is 2.42. The fourth-order valence-corrected chi connectivity index (χ4v) is 3.04. The molecule has 0 unspecified atom stereocenters. The van der Waals surface area contributed by atoms with Crippen molar-refractivity contribution in [1.82, 2.24) is 0 Å². The van der Waals surface area contributed by atoms with Gasteiger partial charge in [0.1, 0.15) is 0 Å². The Morgan fingerprint density at radius 2 is 2.00 bits per heavy atom. The van der Waals surface area contributed by atoms with Crippen molar-refractivity contribution in [2.24, 2.45) is 11.8 Å². The molecule has 0 spiro atoms. The van der Waals surface area contributed by atoms with E-state index in [1.54, 1.807) is 6.92 Å². The third-order valence-electron chi connectivity index (χ3n) is 3.92. The molecule has 1 fully saturated rings. The summed E-state index contributed by atoms with van der Waals surface area (Å²) in [5.74, 6) is 0.0768. The second-order valence-corrected chi connectivity index (χ2v) is 5.43. The maximum Gasteiger partial charge on any atom is 0.169 e. The van der Waals surface area contributed by atoms with Crippen molar-refractivity contribution in [3.05, 3.63) is 35.9 Å². The van der Waals surface area contributed by atoms with Crippen molar-refractivity contribution in [2.45, 2.75) is 38.7 Å². The van der Waals surface area contributed by atoms with E-state index in [2.05, 4.69) is 6.92 Å². The molecular formula is C15H20O2. The minimum absolute atomic E-state index is 0.0859. The van der Waals surface area contributed by atoms with Crippen molar-refractivity contribution < 1.29 is 9.90 Å². The Balaban J connectivity index is 2.28. The molecule has 17 heavy (non-hydrogen) atoms. The van der Waals surface area contributed by atoms with E-state index in [-0.39, 0.29) is 17.6 Å². The Morgan fingerprint density at radius 1 is 1.35 bits per heavy atom. The van der Waals surface area contributed by atoms with Crippen LogP contribution in [0.1, 0.15) is 43.5 Å². The number of hydrogen-bond donors (Lipinski definition) is 1. The van der Waals surface area contributed by atoms with Crippen LogP contribution in [-0.2, 0) is 0 Å². The van der Waals surface area contributed by atoms with Crippen LogP contribution in [0, 0.1) is 11.8 Å². The Hall–Kier alpha value is -1.15. The smallest absolute Gasteiger partial charge is 0.169 e. The molecule has 0 radical (unpaired) electrons. The molecular weight excluding hydrogens is 212 g/mol. The lowest BCUT2D eigenvalue weighted by Gasteiger charge is -2.40. The minimum Gasteiger partial charge on any atom is -0.389 e. The van der Waals surface area contributed by atoms with Gasteiger partial charge in [-0.05, 0) is 25.7 Å². The SMILES string of the molecule is C[C@@H]1CCC[C@@](C)(O)[C@H]1C(=O)c1ccccc1. The van der Waals surface area contributed by atoms with E-state index in [9.17, 15) is 9.90 Å². The lowest BCUT2D eigenvalue weighted by atomic mass is 9.67. The molecule has 1 aromatic rings. The minimum atomic E-state index is -0.857. The fraction of sp³-hybridized carbons (Fsp3) is 0.533. The first-order chi connectivity index (χ1) is 8.02. The zero-order valence-electron chi connectivity index (χ0n) is 10.5. The Kier molecular flexibility index (Phi) is 3.34. The molecule has 0 aromatic heterocycles. The summed E-state index contributed by atoms with van der Waals surface area (Å²) in [4.78, 5) is 12.5. The van der Waals surface area contributed by atoms with Crippen LogP contribution in [0.4, 0.5) is 0 Å². The van der Waals surface area contributed by atoms with Crippen LogP contribution in [0.15, 0.2) is 30.3 Å². The molecule has 1 N–H and O–H groups in total. The number of carbonyl (C=O) groups excluding carboxylic acids is 1. The summed E-state index contributed by atoms with van der Waals surface area (Å²) in [6.45, 7) is 3.87. The maximum atomic E-state index is 12.5. The number of hydrogen-bond acceptors (Lipinski definition) is 2. The van der Waals surface area contributed by atoms with E-state index < -0.39 is 5.60 Å². The number of carbonyl (C=O) groups is 1. The molecule has 2 heteroatoms. The second kappa shape index (κ2) is 4.61. The van der Waals surface area contributed by atoms with Gasteiger partial charge in [0, 0.05) is 5.56 Å². The standard InChI is InChI=1S/C15H20O2/c1-11-7-6-10-15(2,17)13(11)14(16)12-8-4-3-5-9-12/h3-5,8-9,11,13,17H,6-7,10H2,1-2H3/t11-,13-,15-/m1/s1. The summed E-state index contributed by atoms with van der Waals surface area (Å²) in [5, 5.41) is 10.4. The number of ketones is 1. The molecule has 0 aliphatic heterocycles. The summed E-state index contributed by atoms with van der Waals surface area (Å²) >= 11 is 0. The van der Waals surface area contributed by atoms with E-state index >= 15 is 0 Å². The van der Waals surface area contributed by atoms with Gasteiger partial charge in [0.15, 0.2) is 5.78 Å². The average Bonchev–Trinajstić information content (AvgIpc) is 2.28. The van der Waals surface area contributed by atoms with Crippen LogP contribution in [0.2, 0.25) is 0 Å². The monoisotopic (exact) mass is 232 g/mol. The van der Waals surface area contributed by atoms with Crippen molar-refractivity contribution >= 4 is 5.78 Å². The number of benzene rings is 1. The highest BCUT2D eigenvalue weighted by atomic mass is 16.3. The summed E-state index contributed by atoms with van der Waals surface area (Å²) in [5.41, 5.74) is -0.142. The Labute approximate surface area is 103 Å². The van der Waals surface area contributed by atoms with Crippen LogP contribution in [0.5, 0.6) is 0 Å². The highest BCUT2D eigenvalue weighted by molar-refractivity contribution is 5.98. The second-order valence-electron chi connectivity index (χ2n) is 5.43. The molecule has 0 bridgehead atoms. The largest absolute Gasteiger partial charge is 0.389 e. The number of Topliss-reactive ketones (excluding diaryl/α,β-unsaturated/α-hetero) is 1. The predicted molar refractivity (Wildman–Crippen MR) is 67.9 cm³/mol. The zero-order chi connectivity index (χ0) is 12.5. The van der Waals surface area contributed by atoms with Crippen LogP contribution in [-0.4, -0.2) is 16.5 Å². The van der Waals surface area contributed by atoms with E-state index in [4.69, 9.17) is 0 Å². The lowest BCUT2D eigenvalue weighted by Crippen LogP contribution is -2.46. The average molecular weight is 232 g/mol. The van der Waals surface area contributed by atoms with Crippen LogP contribution in [0.25, 0.3) is 0 Å². The predicted octanol–water partition coefficient (Wildman–Crippen LogP) is 3.06. The third-order valence-corrected chi connectivity index (χ3v) is 3.92. The van der Waals surface area contributed by atoms with Gasteiger partial charge in [-0.25, -0.2) is 0 Å². The van der Waals surface area contributed by atoms with Crippen molar-refractivity contribution in [3.8, 4) is 0 Å². The molecule has 0 saturated heterocycles. The molecule has 1 aromatic carbocycles. The maximum absolute atomic E-state index is 12.5. The van der Waals surface area contributed by atoms with E-state index in [0.29, 0.717) is 5.56 Å². The summed E-state index contributed by atoms with van der Waals surface area (Å²) in [6, 6.07) is 9.31. The van der Waals surface area contributed by atoms with E-state index in [0.717, 1.165) is 19.3 Å². The molecule has 0 heterocycles. The normalized spacial score (nSPS) is 33.4. The van der Waals surface area contributed by atoms with Crippen LogP contribution < -0.4 is 0 Å². The molecule has 3 atom stereocenters. The van der Waals surface area contributed by atoms with Gasteiger partial charge in [-0.1, -0.05) is 43.7 Å². The molecule has 92 valence electrons. The molecule has 0 amide bonds. The van der Waals surface area contributed by atoms with Gasteiger partial charge in [-0.2, -0.15) is 0 Å². The molecule has 2 rings (SSSR count). The Morgan fingerprint density at radius 3 is 2.59 bits per heavy atom. The molecule has 2 nitrogen and oxygen atoms in total. The van der Waals surface area contributed by atoms with E-state index in [1.807, 2.05) is 30.3 Å². The number of aliphatic hydroxyl groups is 1. The zero-order valence-corrected chi connectivity index (χ0v) is 10.5. The van der Waals surface area contributed by atoms with Gasteiger partial charge in [0.05, 0.1) is 11.5 Å². The fourth-order valence-electron chi connectivity index (χ4n) is 3.04. The summed E-state index contributed by atoms with van der Waals surface area (Å²) < 4.78 is 0. The number of rotatable bonds is 2. The first-order valence-electron chi connectivity index (χ1n) is 6.34. The van der Waals surface area contributed by atoms with Crippen molar-refractivity contribution in [1.29, 1.82) is 0 Å². The topological polar surface area (TPSA) is 37.3 Å². The Bertz CT molecular complexity index is 395. The first-order valence-corrected chi connectivity index (χ1v) is 6.34.